The van der Waals surface area contributed by atoms with Crippen LogP contribution in [0.4, 0.5) is 0 Å². The molecule has 0 radical (unpaired) electrons. The highest BCUT2D eigenvalue weighted by atomic mass is 16.5. The van der Waals surface area contributed by atoms with E-state index >= 15 is 0 Å². The Balaban J connectivity index is 1.83. The SMILES string of the molecule is COc1ccc(O[C@H](C)C(=O)NCc2ccc[nH]2)cc1. The molecule has 2 N–H and O–H groups in total. The van der Waals surface area contributed by atoms with Gasteiger partial charge in [0.25, 0.3) is 5.91 Å². The molecule has 1 aromatic carbocycles. The minimum Gasteiger partial charge on any atom is -0.497 e. The molecule has 0 unspecified atom stereocenters. The highest BCUT2D eigenvalue weighted by Gasteiger charge is 2.14. The van der Waals surface area contributed by atoms with Crippen molar-refractivity contribution >= 4 is 5.91 Å². The van der Waals surface area contributed by atoms with Crippen LogP contribution in [0.5, 0.6) is 11.5 Å². The number of carbonyl (C=O) groups is 1. The van der Waals surface area contributed by atoms with E-state index in [-0.39, 0.29) is 5.91 Å². The molecule has 5 heteroatoms. The molecule has 2 rings (SSSR count). The van der Waals surface area contributed by atoms with Gasteiger partial charge in [0, 0.05) is 11.9 Å². The molecule has 2 aromatic rings. The number of aromatic amines is 1. The zero-order chi connectivity index (χ0) is 14.4. The molecule has 0 bridgehead atoms. The maximum Gasteiger partial charge on any atom is 0.261 e. The molecule has 0 aliphatic carbocycles. The number of rotatable bonds is 6. The number of benzene rings is 1. The number of nitrogens with one attached hydrogen (secondary N) is 2. The number of carbonyl (C=O) groups excluding carboxylic acids is 1. The molecule has 0 fully saturated rings. The third-order valence-corrected chi connectivity index (χ3v) is 2.86. The van der Waals surface area contributed by atoms with Crippen LogP contribution in [-0.4, -0.2) is 24.1 Å². The van der Waals surface area contributed by atoms with Crippen molar-refractivity contribution in [1.29, 1.82) is 0 Å². The third-order valence-electron chi connectivity index (χ3n) is 2.86. The molecule has 1 aromatic heterocycles. The van der Waals surface area contributed by atoms with Crippen molar-refractivity contribution in [1.82, 2.24) is 10.3 Å². The predicted octanol–water partition coefficient (Wildman–Crippen LogP) is 2.11. The second-order valence-electron chi connectivity index (χ2n) is 4.35. The lowest BCUT2D eigenvalue weighted by atomic mass is 10.3. The summed E-state index contributed by atoms with van der Waals surface area (Å²) in [4.78, 5) is 14.9. The van der Waals surface area contributed by atoms with Crippen LogP contribution >= 0.6 is 0 Å². The summed E-state index contributed by atoms with van der Waals surface area (Å²) in [5, 5.41) is 2.81. The van der Waals surface area contributed by atoms with Crippen molar-refractivity contribution < 1.29 is 14.3 Å². The molecule has 106 valence electrons. The van der Waals surface area contributed by atoms with Crippen LogP contribution in [0.1, 0.15) is 12.6 Å². The standard InChI is InChI=1S/C15H18N2O3/c1-11(15(18)17-10-12-4-3-9-16-12)20-14-7-5-13(19-2)6-8-14/h3-9,11,16H,10H2,1-2H3,(H,17,18)/t11-/m1/s1. The Morgan fingerprint density at radius 1 is 1.25 bits per heavy atom. The van der Waals surface area contributed by atoms with Gasteiger partial charge in [-0.25, -0.2) is 0 Å². The van der Waals surface area contributed by atoms with Crippen molar-refractivity contribution in [3.05, 3.63) is 48.3 Å². The quantitative estimate of drug-likeness (QED) is 0.848. The van der Waals surface area contributed by atoms with E-state index in [2.05, 4.69) is 10.3 Å². The molecule has 0 aliphatic heterocycles. The summed E-state index contributed by atoms with van der Waals surface area (Å²) in [7, 11) is 1.60. The van der Waals surface area contributed by atoms with Gasteiger partial charge in [0.15, 0.2) is 6.10 Å². The fourth-order valence-electron chi connectivity index (χ4n) is 1.72. The first-order valence-corrected chi connectivity index (χ1v) is 6.39. The molecule has 0 saturated carbocycles. The molecule has 0 saturated heterocycles. The monoisotopic (exact) mass is 274 g/mol. The lowest BCUT2D eigenvalue weighted by Gasteiger charge is -2.14. The minimum atomic E-state index is -0.557. The fraction of sp³-hybridized carbons (Fsp3) is 0.267. The summed E-state index contributed by atoms with van der Waals surface area (Å²) in [6.45, 7) is 2.18. The van der Waals surface area contributed by atoms with Gasteiger partial charge in [-0.15, -0.1) is 0 Å². The molecule has 1 heterocycles. The Morgan fingerprint density at radius 3 is 2.55 bits per heavy atom. The summed E-state index contributed by atoms with van der Waals surface area (Å²) in [6.07, 6.45) is 1.26. The first-order valence-electron chi connectivity index (χ1n) is 6.39. The summed E-state index contributed by atoms with van der Waals surface area (Å²) < 4.78 is 10.6. The van der Waals surface area contributed by atoms with Gasteiger partial charge in [-0.05, 0) is 43.3 Å². The van der Waals surface area contributed by atoms with Crippen molar-refractivity contribution in [2.24, 2.45) is 0 Å². The van der Waals surface area contributed by atoms with E-state index in [1.54, 1.807) is 38.3 Å². The predicted molar refractivity (Wildman–Crippen MR) is 75.7 cm³/mol. The average Bonchev–Trinajstić information content (AvgIpc) is 2.98. The van der Waals surface area contributed by atoms with Crippen LogP contribution in [0.3, 0.4) is 0 Å². The van der Waals surface area contributed by atoms with Gasteiger partial charge in [-0.3, -0.25) is 4.79 Å². The zero-order valence-corrected chi connectivity index (χ0v) is 11.6. The van der Waals surface area contributed by atoms with Crippen LogP contribution < -0.4 is 14.8 Å². The number of ether oxygens (including phenoxy) is 2. The Bertz CT molecular complexity index is 535. The molecule has 1 atom stereocenters. The first-order chi connectivity index (χ1) is 9.69. The smallest absolute Gasteiger partial charge is 0.261 e. The molecule has 0 aliphatic rings. The fourth-order valence-corrected chi connectivity index (χ4v) is 1.72. The number of methoxy groups -OCH3 is 1. The van der Waals surface area contributed by atoms with Gasteiger partial charge in [-0.2, -0.15) is 0 Å². The van der Waals surface area contributed by atoms with Crippen LogP contribution in [0.25, 0.3) is 0 Å². The number of amides is 1. The van der Waals surface area contributed by atoms with E-state index in [1.807, 2.05) is 18.3 Å². The number of hydrogen-bond acceptors (Lipinski definition) is 3. The zero-order valence-electron chi connectivity index (χ0n) is 11.6. The van der Waals surface area contributed by atoms with Crippen molar-refractivity contribution in [3.8, 4) is 11.5 Å². The summed E-state index contributed by atoms with van der Waals surface area (Å²) in [6, 6.07) is 10.9. The van der Waals surface area contributed by atoms with Crippen molar-refractivity contribution in [3.63, 3.8) is 0 Å². The van der Waals surface area contributed by atoms with Gasteiger partial charge >= 0.3 is 0 Å². The van der Waals surface area contributed by atoms with Gasteiger partial charge in [-0.1, -0.05) is 0 Å². The van der Waals surface area contributed by atoms with Crippen molar-refractivity contribution in [2.45, 2.75) is 19.6 Å². The lowest BCUT2D eigenvalue weighted by Crippen LogP contribution is -2.35. The van der Waals surface area contributed by atoms with Gasteiger partial charge in [0.05, 0.1) is 13.7 Å². The van der Waals surface area contributed by atoms with Crippen LogP contribution in [-0.2, 0) is 11.3 Å². The normalized spacial score (nSPS) is 11.7. The largest absolute Gasteiger partial charge is 0.497 e. The number of hydrogen-bond donors (Lipinski definition) is 2. The van der Waals surface area contributed by atoms with E-state index in [1.165, 1.54) is 0 Å². The molecule has 5 nitrogen and oxygen atoms in total. The van der Waals surface area contributed by atoms with Crippen LogP contribution in [0.15, 0.2) is 42.6 Å². The second-order valence-corrected chi connectivity index (χ2v) is 4.35. The summed E-state index contributed by atoms with van der Waals surface area (Å²) in [5.41, 5.74) is 0.954. The molecule has 0 spiro atoms. The highest BCUT2D eigenvalue weighted by Crippen LogP contribution is 2.18. The number of aromatic nitrogens is 1. The molecular formula is C15H18N2O3. The lowest BCUT2D eigenvalue weighted by molar-refractivity contribution is -0.127. The van der Waals surface area contributed by atoms with E-state index in [0.29, 0.717) is 12.3 Å². The van der Waals surface area contributed by atoms with E-state index < -0.39 is 6.10 Å². The summed E-state index contributed by atoms with van der Waals surface area (Å²) >= 11 is 0. The van der Waals surface area contributed by atoms with Gasteiger partial charge in [0.1, 0.15) is 11.5 Å². The van der Waals surface area contributed by atoms with Crippen LogP contribution in [0, 0.1) is 0 Å². The average molecular weight is 274 g/mol. The van der Waals surface area contributed by atoms with E-state index in [0.717, 1.165) is 11.4 Å². The Labute approximate surface area is 117 Å². The Hall–Kier alpha value is -2.43. The van der Waals surface area contributed by atoms with Crippen molar-refractivity contribution in [2.75, 3.05) is 7.11 Å². The van der Waals surface area contributed by atoms with E-state index in [4.69, 9.17) is 9.47 Å². The third kappa shape index (κ3) is 3.78. The maximum atomic E-state index is 11.9. The topological polar surface area (TPSA) is 63.4 Å². The minimum absolute atomic E-state index is 0.157. The second kappa shape index (κ2) is 6.65. The first kappa shape index (κ1) is 14.0. The Morgan fingerprint density at radius 2 is 1.95 bits per heavy atom. The molecular weight excluding hydrogens is 256 g/mol. The highest BCUT2D eigenvalue weighted by molar-refractivity contribution is 5.80. The summed E-state index contributed by atoms with van der Waals surface area (Å²) in [5.74, 6) is 1.23. The molecule has 1 amide bonds. The molecule has 20 heavy (non-hydrogen) atoms. The van der Waals surface area contributed by atoms with E-state index in [9.17, 15) is 4.79 Å². The Kier molecular flexibility index (Phi) is 4.65. The van der Waals surface area contributed by atoms with Gasteiger partial charge in [0.2, 0.25) is 0 Å². The van der Waals surface area contributed by atoms with Crippen LogP contribution in [0.2, 0.25) is 0 Å². The number of H-pyrrole nitrogens is 1. The maximum absolute atomic E-state index is 11.9. The van der Waals surface area contributed by atoms with Gasteiger partial charge < -0.3 is 19.8 Å².